The highest BCUT2D eigenvalue weighted by molar-refractivity contribution is 5.14. The number of nitrogens with zero attached hydrogens (tertiary/aromatic N) is 4. The molecule has 4 heteroatoms. The molecule has 0 saturated carbocycles. The van der Waals surface area contributed by atoms with Gasteiger partial charge in [-0.15, -0.1) is 0 Å². The summed E-state index contributed by atoms with van der Waals surface area (Å²) in [7, 11) is 1.93. The monoisotopic (exact) mass is 256 g/mol. The maximum absolute atomic E-state index is 4.43. The van der Waals surface area contributed by atoms with Crippen molar-refractivity contribution in [3.63, 3.8) is 0 Å². The minimum absolute atomic E-state index is 0.535. The third kappa shape index (κ3) is 3.01. The molecule has 2 heterocycles. The smallest absolute Gasteiger partial charge is 0.153 e. The Morgan fingerprint density at radius 3 is 2.53 bits per heavy atom. The number of rotatable bonds is 3. The van der Waals surface area contributed by atoms with Crippen LogP contribution in [-0.4, -0.2) is 32.8 Å². The molecule has 0 N–H and O–H groups in total. The molecular weight excluding hydrogens is 236 g/mol. The quantitative estimate of drug-likeness (QED) is 0.844. The Labute approximate surface area is 114 Å². The standard InChI is InChI=1S/C15H20N4/c1-18-12-16-15(17-18)14-7-9-19(10-8-14)11-13-5-3-2-4-6-13/h2-6,12,14H,7-11H2,1H3. The van der Waals surface area contributed by atoms with Crippen LogP contribution in [0.5, 0.6) is 0 Å². The van der Waals surface area contributed by atoms with E-state index >= 15 is 0 Å². The summed E-state index contributed by atoms with van der Waals surface area (Å²) in [5.74, 6) is 1.55. The molecule has 0 unspecified atom stereocenters. The van der Waals surface area contributed by atoms with Crippen LogP contribution in [0.2, 0.25) is 0 Å². The van der Waals surface area contributed by atoms with Gasteiger partial charge in [0.05, 0.1) is 0 Å². The highest BCUT2D eigenvalue weighted by Gasteiger charge is 2.23. The van der Waals surface area contributed by atoms with Gasteiger partial charge in [-0.05, 0) is 31.5 Å². The zero-order valence-corrected chi connectivity index (χ0v) is 11.4. The molecule has 0 aliphatic carbocycles. The second kappa shape index (κ2) is 5.53. The molecule has 100 valence electrons. The Bertz CT molecular complexity index is 512. The highest BCUT2D eigenvalue weighted by Crippen LogP contribution is 2.25. The number of piperidine rings is 1. The van der Waals surface area contributed by atoms with Crippen molar-refractivity contribution in [2.45, 2.75) is 25.3 Å². The molecule has 19 heavy (non-hydrogen) atoms. The number of aromatic nitrogens is 3. The minimum Gasteiger partial charge on any atom is -0.299 e. The Hall–Kier alpha value is -1.68. The molecule has 3 rings (SSSR count). The first-order chi connectivity index (χ1) is 9.31. The van der Waals surface area contributed by atoms with E-state index in [2.05, 4.69) is 45.3 Å². The molecule has 1 fully saturated rings. The van der Waals surface area contributed by atoms with Crippen LogP contribution in [0.25, 0.3) is 0 Å². The predicted octanol–water partition coefficient (Wildman–Crippen LogP) is 2.19. The third-order valence-corrected chi connectivity index (χ3v) is 3.82. The van der Waals surface area contributed by atoms with Gasteiger partial charge in [0.2, 0.25) is 0 Å². The predicted molar refractivity (Wildman–Crippen MR) is 74.7 cm³/mol. The summed E-state index contributed by atoms with van der Waals surface area (Å²) >= 11 is 0. The lowest BCUT2D eigenvalue weighted by Gasteiger charge is -2.30. The van der Waals surface area contributed by atoms with E-state index < -0.39 is 0 Å². The Morgan fingerprint density at radius 2 is 1.89 bits per heavy atom. The third-order valence-electron chi connectivity index (χ3n) is 3.82. The van der Waals surface area contributed by atoms with Gasteiger partial charge in [0.15, 0.2) is 5.82 Å². The molecule has 0 atom stereocenters. The van der Waals surface area contributed by atoms with Gasteiger partial charge >= 0.3 is 0 Å². The van der Waals surface area contributed by atoms with E-state index in [4.69, 9.17) is 0 Å². The van der Waals surface area contributed by atoms with Crippen LogP contribution in [0.1, 0.15) is 30.1 Å². The zero-order valence-electron chi connectivity index (χ0n) is 11.4. The van der Waals surface area contributed by atoms with Gasteiger partial charge in [-0.25, -0.2) is 4.98 Å². The van der Waals surface area contributed by atoms with Crippen molar-refractivity contribution in [2.75, 3.05) is 13.1 Å². The van der Waals surface area contributed by atoms with E-state index in [9.17, 15) is 0 Å². The van der Waals surface area contributed by atoms with Crippen LogP contribution in [0, 0.1) is 0 Å². The molecule has 1 aliphatic heterocycles. The fourth-order valence-corrected chi connectivity index (χ4v) is 2.73. The fourth-order valence-electron chi connectivity index (χ4n) is 2.73. The minimum atomic E-state index is 0.535. The first-order valence-corrected chi connectivity index (χ1v) is 6.93. The summed E-state index contributed by atoms with van der Waals surface area (Å²) in [5.41, 5.74) is 1.40. The second-order valence-corrected chi connectivity index (χ2v) is 5.31. The summed E-state index contributed by atoms with van der Waals surface area (Å²) in [6.07, 6.45) is 4.12. The van der Waals surface area contributed by atoms with Crippen molar-refractivity contribution >= 4 is 0 Å². The number of hydrogen-bond acceptors (Lipinski definition) is 3. The van der Waals surface area contributed by atoms with Crippen molar-refractivity contribution in [1.82, 2.24) is 19.7 Å². The summed E-state index contributed by atoms with van der Waals surface area (Å²) in [5, 5.41) is 4.43. The van der Waals surface area contributed by atoms with Crippen LogP contribution in [-0.2, 0) is 13.6 Å². The van der Waals surface area contributed by atoms with E-state index in [1.807, 2.05) is 7.05 Å². The molecule has 0 bridgehead atoms. The molecule has 1 aliphatic rings. The average molecular weight is 256 g/mol. The lowest BCUT2D eigenvalue weighted by atomic mass is 9.96. The Kier molecular flexibility index (Phi) is 3.60. The summed E-state index contributed by atoms with van der Waals surface area (Å²) in [4.78, 5) is 6.90. The molecule has 2 aromatic rings. The molecule has 0 radical (unpaired) electrons. The molecular formula is C15H20N4. The van der Waals surface area contributed by atoms with Crippen LogP contribution in [0.4, 0.5) is 0 Å². The van der Waals surface area contributed by atoms with Gasteiger partial charge in [0, 0.05) is 19.5 Å². The number of benzene rings is 1. The normalized spacial score (nSPS) is 17.7. The largest absolute Gasteiger partial charge is 0.299 e. The highest BCUT2D eigenvalue weighted by atomic mass is 15.3. The maximum Gasteiger partial charge on any atom is 0.153 e. The van der Waals surface area contributed by atoms with Crippen LogP contribution in [0.15, 0.2) is 36.7 Å². The Morgan fingerprint density at radius 1 is 1.16 bits per heavy atom. The van der Waals surface area contributed by atoms with Gasteiger partial charge in [0.1, 0.15) is 6.33 Å². The zero-order chi connectivity index (χ0) is 13.1. The van der Waals surface area contributed by atoms with Crippen LogP contribution in [0.3, 0.4) is 0 Å². The number of aryl methyl sites for hydroxylation is 1. The first-order valence-electron chi connectivity index (χ1n) is 6.93. The van der Waals surface area contributed by atoms with Crippen LogP contribution >= 0.6 is 0 Å². The summed E-state index contributed by atoms with van der Waals surface area (Å²) < 4.78 is 1.80. The molecule has 0 spiro atoms. The number of likely N-dealkylation sites (tertiary alicyclic amines) is 1. The van der Waals surface area contributed by atoms with E-state index in [1.165, 1.54) is 5.56 Å². The van der Waals surface area contributed by atoms with Crippen molar-refractivity contribution in [3.05, 3.63) is 48.0 Å². The SMILES string of the molecule is Cn1cnc(C2CCN(Cc3ccccc3)CC2)n1. The van der Waals surface area contributed by atoms with Crippen molar-refractivity contribution in [2.24, 2.45) is 7.05 Å². The number of hydrogen-bond donors (Lipinski definition) is 0. The van der Waals surface area contributed by atoms with Crippen molar-refractivity contribution in [3.8, 4) is 0 Å². The van der Waals surface area contributed by atoms with Crippen molar-refractivity contribution in [1.29, 1.82) is 0 Å². The molecule has 1 saturated heterocycles. The van der Waals surface area contributed by atoms with Crippen LogP contribution < -0.4 is 0 Å². The van der Waals surface area contributed by atoms with Gasteiger partial charge < -0.3 is 0 Å². The van der Waals surface area contributed by atoms with Gasteiger partial charge in [-0.1, -0.05) is 30.3 Å². The molecule has 1 aromatic carbocycles. The van der Waals surface area contributed by atoms with Gasteiger partial charge in [-0.3, -0.25) is 9.58 Å². The van der Waals surface area contributed by atoms with Crippen molar-refractivity contribution < 1.29 is 0 Å². The summed E-state index contributed by atoms with van der Waals surface area (Å²) in [6.45, 7) is 3.33. The average Bonchev–Trinajstić information content (AvgIpc) is 2.87. The summed E-state index contributed by atoms with van der Waals surface area (Å²) in [6, 6.07) is 10.7. The maximum atomic E-state index is 4.43. The molecule has 1 aromatic heterocycles. The van der Waals surface area contributed by atoms with Gasteiger partial charge in [-0.2, -0.15) is 5.10 Å². The Balaban J connectivity index is 1.55. The lowest BCUT2D eigenvalue weighted by Crippen LogP contribution is -2.32. The van der Waals surface area contributed by atoms with Gasteiger partial charge in [0.25, 0.3) is 0 Å². The topological polar surface area (TPSA) is 34.0 Å². The molecule has 4 nitrogen and oxygen atoms in total. The van der Waals surface area contributed by atoms with E-state index in [-0.39, 0.29) is 0 Å². The fraction of sp³-hybridized carbons (Fsp3) is 0.467. The second-order valence-electron chi connectivity index (χ2n) is 5.31. The molecule has 0 amide bonds. The van der Waals surface area contributed by atoms with E-state index in [0.29, 0.717) is 5.92 Å². The first kappa shape index (κ1) is 12.4. The van der Waals surface area contributed by atoms with E-state index in [1.54, 1.807) is 11.0 Å². The lowest BCUT2D eigenvalue weighted by molar-refractivity contribution is 0.201. The van der Waals surface area contributed by atoms with E-state index in [0.717, 1.165) is 38.3 Å².